The van der Waals surface area contributed by atoms with Crippen LogP contribution in [0.15, 0.2) is 35.9 Å². The maximum atomic E-state index is 12.2. The van der Waals surface area contributed by atoms with E-state index in [-0.39, 0.29) is 12.1 Å². The molecule has 5 heteroatoms. The van der Waals surface area contributed by atoms with Gasteiger partial charge in [0.15, 0.2) is 0 Å². The molecule has 1 aliphatic heterocycles. The number of nitrogens with zero attached hydrogens (tertiary/aromatic N) is 2. The molecule has 1 heterocycles. The molecule has 0 unspecified atom stereocenters. The van der Waals surface area contributed by atoms with E-state index in [9.17, 15) is 4.79 Å². The van der Waals surface area contributed by atoms with Crippen LogP contribution in [0.5, 0.6) is 0 Å². The molecule has 5 nitrogen and oxygen atoms in total. The number of carbonyl (C=O) groups is 1. The van der Waals surface area contributed by atoms with E-state index in [0.29, 0.717) is 11.3 Å². The van der Waals surface area contributed by atoms with Crippen molar-refractivity contribution in [2.45, 2.75) is 57.4 Å². The molecule has 2 amide bonds. The van der Waals surface area contributed by atoms with E-state index in [4.69, 9.17) is 5.26 Å². The van der Waals surface area contributed by atoms with Gasteiger partial charge in [-0.3, -0.25) is 4.90 Å². The van der Waals surface area contributed by atoms with Crippen molar-refractivity contribution < 1.29 is 4.79 Å². The zero-order valence-corrected chi connectivity index (χ0v) is 16.0. The summed E-state index contributed by atoms with van der Waals surface area (Å²) in [6.45, 7) is 3.16. The van der Waals surface area contributed by atoms with Crippen molar-refractivity contribution >= 4 is 11.7 Å². The highest BCUT2D eigenvalue weighted by atomic mass is 16.2. The van der Waals surface area contributed by atoms with Crippen LogP contribution in [0.25, 0.3) is 0 Å². The summed E-state index contributed by atoms with van der Waals surface area (Å²) in [6, 6.07) is 9.10. The molecule has 1 saturated heterocycles. The van der Waals surface area contributed by atoms with Gasteiger partial charge in [-0.05, 0) is 56.7 Å². The minimum absolute atomic E-state index is 0.189. The minimum atomic E-state index is -0.189. The largest absolute Gasteiger partial charge is 0.335 e. The Morgan fingerprint density at radius 2 is 2.00 bits per heavy atom. The molecule has 1 aliphatic carbocycles. The van der Waals surface area contributed by atoms with Gasteiger partial charge in [-0.25, -0.2) is 4.79 Å². The van der Waals surface area contributed by atoms with Crippen molar-refractivity contribution in [1.82, 2.24) is 10.2 Å². The number of likely N-dealkylation sites (tertiary alicyclic amines) is 1. The van der Waals surface area contributed by atoms with Gasteiger partial charge in [-0.15, -0.1) is 0 Å². The van der Waals surface area contributed by atoms with Crippen molar-refractivity contribution in [1.29, 1.82) is 5.26 Å². The van der Waals surface area contributed by atoms with Crippen LogP contribution in [0, 0.1) is 11.3 Å². The Morgan fingerprint density at radius 1 is 1.19 bits per heavy atom. The van der Waals surface area contributed by atoms with Gasteiger partial charge in [-0.2, -0.15) is 5.26 Å². The highest BCUT2D eigenvalue weighted by Gasteiger charge is 2.21. The van der Waals surface area contributed by atoms with E-state index in [1.165, 1.54) is 38.5 Å². The molecule has 27 heavy (non-hydrogen) atoms. The monoisotopic (exact) mass is 366 g/mol. The Kier molecular flexibility index (Phi) is 7.29. The Labute approximate surface area is 162 Å². The maximum absolute atomic E-state index is 12.2. The first-order chi connectivity index (χ1) is 13.2. The quantitative estimate of drug-likeness (QED) is 0.775. The van der Waals surface area contributed by atoms with Gasteiger partial charge >= 0.3 is 6.03 Å². The number of benzene rings is 1. The first-order valence-corrected chi connectivity index (χ1v) is 10.2. The number of rotatable bonds is 4. The van der Waals surface area contributed by atoms with E-state index in [2.05, 4.69) is 27.7 Å². The lowest BCUT2D eigenvalue weighted by Gasteiger charge is -2.33. The van der Waals surface area contributed by atoms with Crippen LogP contribution >= 0.6 is 0 Å². The summed E-state index contributed by atoms with van der Waals surface area (Å²) in [5.74, 6) is 0. The number of anilines is 1. The van der Waals surface area contributed by atoms with Crippen molar-refractivity contribution in [2.24, 2.45) is 0 Å². The second kappa shape index (κ2) is 10.1. The maximum Gasteiger partial charge on any atom is 0.319 e. The molecule has 0 radical (unpaired) electrons. The standard InChI is InChI=1S/C22H30N4O/c23-16-19-9-6-10-21(15-19)25-22(27)24-20-11-13-26(14-12-20)17-18-7-4-2-1-3-5-8-18/h6-7,9-10,15,20H,1-5,8,11-14,17H2,(H2,24,25,27). The fourth-order valence-electron chi connectivity index (χ4n) is 3.94. The molecular formula is C22H30N4O. The van der Waals surface area contributed by atoms with Crippen molar-refractivity contribution in [3.63, 3.8) is 0 Å². The van der Waals surface area contributed by atoms with Gasteiger partial charge in [0.25, 0.3) is 0 Å². The fourth-order valence-corrected chi connectivity index (χ4v) is 3.94. The molecule has 1 aromatic carbocycles. The number of carbonyl (C=O) groups excluding carboxylic acids is 1. The van der Waals surface area contributed by atoms with Crippen LogP contribution < -0.4 is 10.6 Å². The molecule has 0 aromatic heterocycles. The Balaban J connectivity index is 1.41. The van der Waals surface area contributed by atoms with Gasteiger partial charge < -0.3 is 10.6 Å². The van der Waals surface area contributed by atoms with Crippen molar-refractivity contribution in [2.75, 3.05) is 25.0 Å². The first kappa shape index (κ1) is 19.4. The summed E-state index contributed by atoms with van der Waals surface area (Å²) in [7, 11) is 0. The number of urea groups is 1. The van der Waals surface area contributed by atoms with Crippen LogP contribution in [0.1, 0.15) is 56.9 Å². The Hall–Kier alpha value is -2.32. The molecule has 144 valence electrons. The number of nitriles is 1. The van der Waals surface area contributed by atoms with Crippen LogP contribution in [0.3, 0.4) is 0 Å². The second-order valence-electron chi connectivity index (χ2n) is 7.66. The van der Waals surface area contributed by atoms with Crippen molar-refractivity contribution in [3.8, 4) is 6.07 Å². The summed E-state index contributed by atoms with van der Waals surface area (Å²) < 4.78 is 0. The van der Waals surface area contributed by atoms with Gasteiger partial charge in [0.1, 0.15) is 0 Å². The first-order valence-electron chi connectivity index (χ1n) is 10.2. The summed E-state index contributed by atoms with van der Waals surface area (Å²) in [5, 5.41) is 14.8. The summed E-state index contributed by atoms with van der Waals surface area (Å²) in [4.78, 5) is 14.7. The number of piperidine rings is 1. The molecule has 1 aromatic rings. The lowest BCUT2D eigenvalue weighted by atomic mass is 9.98. The second-order valence-corrected chi connectivity index (χ2v) is 7.66. The Bertz CT molecular complexity index is 699. The highest BCUT2D eigenvalue weighted by Crippen LogP contribution is 2.20. The molecule has 0 atom stereocenters. The summed E-state index contributed by atoms with van der Waals surface area (Å²) in [6.07, 6.45) is 12.3. The molecule has 0 bridgehead atoms. The van der Waals surface area contributed by atoms with E-state index < -0.39 is 0 Å². The molecule has 0 saturated carbocycles. The number of amides is 2. The zero-order valence-electron chi connectivity index (χ0n) is 16.0. The molecule has 0 spiro atoms. The average Bonchev–Trinajstić information content (AvgIpc) is 2.65. The number of nitrogens with one attached hydrogen (secondary N) is 2. The zero-order chi connectivity index (χ0) is 18.9. The molecular weight excluding hydrogens is 336 g/mol. The van der Waals surface area contributed by atoms with Crippen LogP contribution in [-0.2, 0) is 0 Å². The summed E-state index contributed by atoms with van der Waals surface area (Å²) >= 11 is 0. The Morgan fingerprint density at radius 3 is 2.81 bits per heavy atom. The third-order valence-corrected chi connectivity index (χ3v) is 5.48. The van der Waals surface area contributed by atoms with Gasteiger partial charge in [0, 0.05) is 31.4 Å². The van der Waals surface area contributed by atoms with E-state index in [1.807, 2.05) is 0 Å². The van der Waals surface area contributed by atoms with Crippen molar-refractivity contribution in [3.05, 3.63) is 41.5 Å². The lowest BCUT2D eigenvalue weighted by molar-refractivity contribution is 0.205. The number of hydrogen-bond acceptors (Lipinski definition) is 3. The lowest BCUT2D eigenvalue weighted by Crippen LogP contribution is -2.46. The molecule has 2 aliphatic rings. The smallest absolute Gasteiger partial charge is 0.319 e. The van der Waals surface area contributed by atoms with Crippen LogP contribution in [0.4, 0.5) is 10.5 Å². The molecule has 2 N–H and O–H groups in total. The number of allylic oxidation sites excluding steroid dienone is 1. The topological polar surface area (TPSA) is 68.2 Å². The molecule has 1 fully saturated rings. The predicted octanol–water partition coefficient (Wildman–Crippen LogP) is 4.42. The van der Waals surface area contributed by atoms with Crippen LogP contribution in [-0.4, -0.2) is 36.6 Å². The average molecular weight is 367 g/mol. The van der Waals surface area contributed by atoms with Gasteiger partial charge in [-0.1, -0.05) is 30.6 Å². The third-order valence-electron chi connectivity index (χ3n) is 5.48. The predicted molar refractivity (Wildman–Crippen MR) is 109 cm³/mol. The van der Waals surface area contributed by atoms with E-state index >= 15 is 0 Å². The third kappa shape index (κ3) is 6.41. The highest BCUT2D eigenvalue weighted by molar-refractivity contribution is 5.89. The summed E-state index contributed by atoms with van der Waals surface area (Å²) in [5.41, 5.74) is 2.81. The SMILES string of the molecule is N#Cc1cccc(NC(=O)NC2CCN(CC3=CCCCCCC3)CC2)c1. The van der Waals surface area contributed by atoms with Gasteiger partial charge in [0.05, 0.1) is 11.6 Å². The van der Waals surface area contributed by atoms with E-state index in [1.54, 1.807) is 29.8 Å². The molecule has 3 rings (SSSR count). The minimum Gasteiger partial charge on any atom is -0.335 e. The van der Waals surface area contributed by atoms with Gasteiger partial charge in [0.2, 0.25) is 0 Å². The van der Waals surface area contributed by atoms with E-state index in [0.717, 1.165) is 32.5 Å². The number of hydrogen-bond donors (Lipinski definition) is 2. The van der Waals surface area contributed by atoms with Crippen LogP contribution in [0.2, 0.25) is 0 Å². The fraction of sp³-hybridized carbons (Fsp3) is 0.545. The normalized spacial score (nSPS) is 19.3.